The molecule has 0 fully saturated rings. The molecule has 3 heterocycles. The molecule has 9 heteroatoms. The van der Waals surface area contributed by atoms with Crippen LogP contribution < -0.4 is 10.1 Å². The van der Waals surface area contributed by atoms with E-state index in [1.54, 1.807) is 23.8 Å². The van der Waals surface area contributed by atoms with Gasteiger partial charge in [0, 0.05) is 29.8 Å². The molecule has 0 saturated heterocycles. The highest BCUT2D eigenvalue weighted by Crippen LogP contribution is 2.31. The Morgan fingerprint density at radius 2 is 2.04 bits per heavy atom. The molecule has 142 valence electrons. The van der Waals surface area contributed by atoms with Gasteiger partial charge >= 0.3 is 5.97 Å². The SMILES string of the molecule is O=C(COC(=O)c1csc(-c2ncccn2)n1)N[C@H]1CCOc2ccccc21. The third-order valence-electron chi connectivity index (χ3n) is 4.10. The van der Waals surface area contributed by atoms with E-state index in [9.17, 15) is 9.59 Å². The maximum absolute atomic E-state index is 12.2. The maximum atomic E-state index is 12.2. The van der Waals surface area contributed by atoms with Crippen LogP contribution in [-0.4, -0.2) is 40.0 Å². The Hall–Kier alpha value is -3.33. The fourth-order valence-corrected chi connectivity index (χ4v) is 3.55. The van der Waals surface area contributed by atoms with Crippen molar-refractivity contribution in [3.8, 4) is 16.6 Å². The Morgan fingerprint density at radius 1 is 1.21 bits per heavy atom. The maximum Gasteiger partial charge on any atom is 0.358 e. The van der Waals surface area contributed by atoms with Crippen LogP contribution in [0.15, 0.2) is 48.1 Å². The van der Waals surface area contributed by atoms with Crippen molar-refractivity contribution in [1.82, 2.24) is 20.3 Å². The number of carbonyl (C=O) groups is 2. The summed E-state index contributed by atoms with van der Waals surface area (Å²) < 4.78 is 10.7. The number of nitrogens with one attached hydrogen (secondary N) is 1. The van der Waals surface area contributed by atoms with Gasteiger partial charge in [-0.25, -0.2) is 19.7 Å². The number of carbonyl (C=O) groups excluding carboxylic acids is 2. The first-order chi connectivity index (χ1) is 13.7. The van der Waals surface area contributed by atoms with Gasteiger partial charge in [-0.15, -0.1) is 11.3 Å². The lowest BCUT2D eigenvalue weighted by molar-refractivity contribution is -0.125. The number of amides is 1. The summed E-state index contributed by atoms with van der Waals surface area (Å²) >= 11 is 1.23. The molecule has 0 aliphatic carbocycles. The van der Waals surface area contributed by atoms with Gasteiger partial charge < -0.3 is 14.8 Å². The summed E-state index contributed by atoms with van der Waals surface area (Å²) in [5.74, 6) is 0.148. The first-order valence-electron chi connectivity index (χ1n) is 8.62. The summed E-state index contributed by atoms with van der Waals surface area (Å²) in [6.45, 7) is 0.137. The topological polar surface area (TPSA) is 103 Å². The molecule has 0 bridgehead atoms. The van der Waals surface area contributed by atoms with Crippen LogP contribution in [-0.2, 0) is 9.53 Å². The highest BCUT2D eigenvalue weighted by molar-refractivity contribution is 7.13. The number of hydrogen-bond donors (Lipinski definition) is 1. The third-order valence-corrected chi connectivity index (χ3v) is 4.94. The first kappa shape index (κ1) is 18.1. The molecule has 0 spiro atoms. The van der Waals surface area contributed by atoms with Crippen LogP contribution in [0, 0.1) is 0 Å². The van der Waals surface area contributed by atoms with E-state index >= 15 is 0 Å². The number of hydrogen-bond acceptors (Lipinski definition) is 8. The smallest absolute Gasteiger partial charge is 0.358 e. The van der Waals surface area contributed by atoms with Gasteiger partial charge in [0.05, 0.1) is 12.6 Å². The quantitative estimate of drug-likeness (QED) is 0.661. The van der Waals surface area contributed by atoms with E-state index in [0.717, 1.165) is 11.3 Å². The minimum Gasteiger partial charge on any atom is -0.493 e. The predicted molar refractivity (Wildman–Crippen MR) is 101 cm³/mol. The fourth-order valence-electron chi connectivity index (χ4n) is 2.81. The number of aromatic nitrogens is 3. The second-order valence-electron chi connectivity index (χ2n) is 5.98. The Morgan fingerprint density at radius 3 is 2.89 bits per heavy atom. The number of rotatable bonds is 5. The van der Waals surface area contributed by atoms with E-state index in [1.807, 2.05) is 24.3 Å². The van der Waals surface area contributed by atoms with Crippen LogP contribution in [0.4, 0.5) is 0 Å². The van der Waals surface area contributed by atoms with E-state index < -0.39 is 5.97 Å². The average molecular weight is 396 g/mol. The number of nitrogens with zero attached hydrogens (tertiary/aromatic N) is 3. The van der Waals surface area contributed by atoms with Gasteiger partial charge in [0.2, 0.25) is 0 Å². The van der Waals surface area contributed by atoms with E-state index in [1.165, 1.54) is 11.3 Å². The van der Waals surface area contributed by atoms with Crippen molar-refractivity contribution < 1.29 is 19.1 Å². The van der Waals surface area contributed by atoms with Crippen LogP contribution >= 0.6 is 11.3 Å². The first-order valence-corrected chi connectivity index (χ1v) is 9.50. The van der Waals surface area contributed by atoms with E-state index in [4.69, 9.17) is 9.47 Å². The highest BCUT2D eigenvalue weighted by Gasteiger charge is 2.23. The van der Waals surface area contributed by atoms with Crippen molar-refractivity contribution in [3.05, 3.63) is 59.4 Å². The number of thiazole rings is 1. The highest BCUT2D eigenvalue weighted by atomic mass is 32.1. The lowest BCUT2D eigenvalue weighted by Crippen LogP contribution is -2.35. The molecule has 1 aliphatic heterocycles. The number of esters is 1. The molecular formula is C19H16N4O4S. The zero-order valence-electron chi connectivity index (χ0n) is 14.7. The van der Waals surface area contributed by atoms with Gasteiger partial charge in [0.15, 0.2) is 23.1 Å². The second kappa shape index (κ2) is 8.13. The van der Waals surface area contributed by atoms with Crippen molar-refractivity contribution in [2.24, 2.45) is 0 Å². The molecule has 0 radical (unpaired) electrons. The third kappa shape index (κ3) is 3.99. The minimum absolute atomic E-state index is 0.122. The monoisotopic (exact) mass is 396 g/mol. The van der Waals surface area contributed by atoms with Crippen molar-refractivity contribution >= 4 is 23.2 Å². The fraction of sp³-hybridized carbons (Fsp3) is 0.211. The minimum atomic E-state index is -0.666. The summed E-state index contributed by atoms with van der Waals surface area (Å²) in [5.41, 5.74) is 1.04. The molecule has 0 unspecified atom stereocenters. The Labute approximate surface area is 164 Å². The molecular weight excluding hydrogens is 380 g/mol. The van der Waals surface area contributed by atoms with E-state index in [-0.39, 0.29) is 24.2 Å². The van der Waals surface area contributed by atoms with Gasteiger partial charge in [0.1, 0.15) is 5.75 Å². The normalized spacial score (nSPS) is 15.2. The number of ether oxygens (including phenoxy) is 2. The van der Waals surface area contributed by atoms with E-state index in [0.29, 0.717) is 23.9 Å². The summed E-state index contributed by atoms with van der Waals surface area (Å²) in [6, 6.07) is 9.08. The summed E-state index contributed by atoms with van der Waals surface area (Å²) in [6.07, 6.45) is 3.85. The number of fused-ring (bicyclic) bond motifs is 1. The van der Waals surface area contributed by atoms with Crippen LogP contribution in [0.3, 0.4) is 0 Å². The van der Waals surface area contributed by atoms with Gasteiger partial charge in [-0.3, -0.25) is 4.79 Å². The Kier molecular flexibility index (Phi) is 5.24. The van der Waals surface area contributed by atoms with Gasteiger partial charge in [-0.05, 0) is 12.1 Å². The Bertz CT molecular complexity index is 992. The predicted octanol–water partition coefficient (Wildman–Crippen LogP) is 2.40. The lowest BCUT2D eigenvalue weighted by atomic mass is 10.0. The molecule has 8 nitrogen and oxygen atoms in total. The largest absolute Gasteiger partial charge is 0.493 e. The second-order valence-corrected chi connectivity index (χ2v) is 6.84. The van der Waals surface area contributed by atoms with Gasteiger partial charge in [-0.2, -0.15) is 0 Å². The van der Waals surface area contributed by atoms with Crippen LogP contribution in [0.1, 0.15) is 28.5 Å². The molecule has 1 amide bonds. The average Bonchev–Trinajstić information content (AvgIpc) is 3.23. The molecule has 1 N–H and O–H groups in total. The van der Waals surface area contributed by atoms with Crippen molar-refractivity contribution in [3.63, 3.8) is 0 Å². The summed E-state index contributed by atoms with van der Waals surface area (Å²) in [5, 5.41) is 4.95. The summed E-state index contributed by atoms with van der Waals surface area (Å²) in [4.78, 5) is 36.7. The molecule has 3 aromatic rings. The zero-order valence-corrected chi connectivity index (χ0v) is 15.5. The molecule has 1 aliphatic rings. The van der Waals surface area contributed by atoms with Crippen LogP contribution in [0.2, 0.25) is 0 Å². The molecule has 2 aromatic heterocycles. The standard InChI is InChI=1S/C19H16N4O4S/c24-16(22-13-6-9-26-15-5-2-1-4-12(13)15)10-27-19(25)14-11-28-18(23-14)17-20-7-3-8-21-17/h1-5,7-8,11,13H,6,9-10H2,(H,22,24)/t13-/m0/s1. The van der Waals surface area contributed by atoms with Crippen molar-refractivity contribution in [2.75, 3.05) is 13.2 Å². The number of para-hydroxylation sites is 1. The zero-order chi connectivity index (χ0) is 19.3. The molecule has 1 atom stereocenters. The summed E-state index contributed by atoms with van der Waals surface area (Å²) in [7, 11) is 0. The van der Waals surface area contributed by atoms with Gasteiger partial charge in [0.25, 0.3) is 5.91 Å². The van der Waals surface area contributed by atoms with Crippen LogP contribution in [0.5, 0.6) is 5.75 Å². The van der Waals surface area contributed by atoms with E-state index in [2.05, 4.69) is 20.3 Å². The van der Waals surface area contributed by atoms with Crippen molar-refractivity contribution in [2.45, 2.75) is 12.5 Å². The Balaban J connectivity index is 1.33. The van der Waals surface area contributed by atoms with Crippen LogP contribution in [0.25, 0.3) is 10.8 Å². The molecule has 4 rings (SSSR count). The molecule has 0 saturated carbocycles. The molecule has 1 aromatic carbocycles. The molecule has 28 heavy (non-hydrogen) atoms. The lowest BCUT2D eigenvalue weighted by Gasteiger charge is -2.26. The van der Waals surface area contributed by atoms with Gasteiger partial charge in [-0.1, -0.05) is 18.2 Å². The van der Waals surface area contributed by atoms with Crippen molar-refractivity contribution in [1.29, 1.82) is 0 Å². The number of benzene rings is 1.